The van der Waals surface area contributed by atoms with Crippen LogP contribution in [-0.2, 0) is 4.74 Å². The van der Waals surface area contributed by atoms with Gasteiger partial charge in [0.15, 0.2) is 0 Å². The summed E-state index contributed by atoms with van der Waals surface area (Å²) >= 11 is 3.54. The summed E-state index contributed by atoms with van der Waals surface area (Å²) in [4.78, 5) is 0. The highest BCUT2D eigenvalue weighted by Gasteiger charge is 2.15. The smallest absolute Gasteiger partial charge is 0.129 e. The van der Waals surface area contributed by atoms with Gasteiger partial charge in [-0.05, 0) is 19.3 Å². The molecule has 0 fully saturated rings. The molecule has 1 nitrogen and oxygen atoms in total. The number of ether oxygens (including phenoxy) is 1. The van der Waals surface area contributed by atoms with Gasteiger partial charge in [0.2, 0.25) is 0 Å². The zero-order valence-electron chi connectivity index (χ0n) is 9.77. The van der Waals surface area contributed by atoms with Crippen LogP contribution in [0.25, 0.3) is 0 Å². The van der Waals surface area contributed by atoms with E-state index in [4.69, 9.17) is 4.74 Å². The Morgan fingerprint density at radius 3 is 2.87 bits per heavy atom. The second-order valence-electron chi connectivity index (χ2n) is 4.87. The summed E-state index contributed by atoms with van der Waals surface area (Å²) < 4.78 is 6.92. The van der Waals surface area contributed by atoms with Crippen molar-refractivity contribution in [1.82, 2.24) is 0 Å². The Hall–Kier alpha value is -0.0431. The number of rotatable bonds is 2. The predicted molar refractivity (Wildman–Crippen MR) is 71.7 cm³/mol. The van der Waals surface area contributed by atoms with Crippen molar-refractivity contribution in [3.8, 4) is 11.5 Å². The Labute approximate surface area is 102 Å². The number of allylic oxidation sites excluding steroid dienone is 1. The van der Waals surface area contributed by atoms with Crippen LogP contribution in [0.5, 0.6) is 0 Å². The van der Waals surface area contributed by atoms with E-state index in [0.29, 0.717) is 6.61 Å². The lowest BCUT2D eigenvalue weighted by Crippen LogP contribution is -2.18. The molecule has 0 radical (unpaired) electrons. The normalized spacial score (nSPS) is 21.6. The van der Waals surface area contributed by atoms with Gasteiger partial charge in [-0.25, -0.2) is 0 Å². The summed E-state index contributed by atoms with van der Waals surface area (Å²) in [6, 6.07) is 0. The van der Waals surface area contributed by atoms with Gasteiger partial charge in [-0.1, -0.05) is 47.6 Å². The first-order chi connectivity index (χ1) is 6.99. The minimum Gasteiger partial charge on any atom is -0.360 e. The monoisotopic (exact) mass is 286 g/mol. The topological polar surface area (TPSA) is 9.23 Å². The van der Waals surface area contributed by atoms with Crippen molar-refractivity contribution >= 4 is 24.0 Å². The molecule has 0 saturated carbocycles. The van der Waals surface area contributed by atoms with Gasteiger partial charge in [-0.2, -0.15) is 0 Å². The molecule has 0 aromatic rings. The van der Waals surface area contributed by atoms with Crippen LogP contribution in [0.2, 0.25) is 19.6 Å². The number of hydrogen-bond acceptors (Lipinski definition) is 1. The maximum atomic E-state index is 5.72. The third-order valence-corrected chi connectivity index (χ3v) is 3.90. The van der Waals surface area contributed by atoms with E-state index in [1.807, 2.05) is 0 Å². The van der Waals surface area contributed by atoms with E-state index < -0.39 is 8.07 Å². The van der Waals surface area contributed by atoms with Crippen LogP contribution in [0.4, 0.5) is 0 Å². The molecule has 1 atom stereocenters. The average molecular weight is 287 g/mol. The summed E-state index contributed by atoms with van der Waals surface area (Å²) in [6.07, 6.45) is 5.96. The Morgan fingerprint density at radius 1 is 1.53 bits per heavy atom. The summed E-state index contributed by atoms with van der Waals surface area (Å²) in [6.45, 7) is 7.31. The lowest BCUT2D eigenvalue weighted by molar-refractivity contribution is 0.0996. The Morgan fingerprint density at radius 2 is 2.27 bits per heavy atom. The fourth-order valence-corrected chi connectivity index (χ4v) is 2.61. The maximum absolute atomic E-state index is 5.72. The highest BCUT2D eigenvalue weighted by atomic mass is 79.9. The van der Waals surface area contributed by atoms with Gasteiger partial charge in [-0.15, -0.1) is 5.54 Å². The molecule has 0 saturated heterocycles. The fourth-order valence-electron chi connectivity index (χ4n) is 1.42. The largest absolute Gasteiger partial charge is 0.360 e. The molecule has 1 rings (SSSR count). The van der Waals surface area contributed by atoms with Crippen molar-refractivity contribution in [3.63, 3.8) is 0 Å². The molecule has 0 amide bonds. The quantitative estimate of drug-likeness (QED) is 0.555. The van der Waals surface area contributed by atoms with E-state index in [1.165, 1.54) is 17.3 Å². The molecule has 0 heterocycles. The molecule has 0 spiro atoms. The number of halogens is 1. The van der Waals surface area contributed by atoms with Crippen molar-refractivity contribution < 1.29 is 4.74 Å². The van der Waals surface area contributed by atoms with Crippen LogP contribution in [0, 0.1) is 11.5 Å². The molecule has 3 heteroatoms. The summed E-state index contributed by atoms with van der Waals surface area (Å²) in [7, 11) is -1.23. The molecule has 1 aliphatic carbocycles. The van der Waals surface area contributed by atoms with E-state index in [0.717, 1.165) is 6.42 Å². The third-order valence-electron chi connectivity index (χ3n) is 2.14. The highest BCUT2D eigenvalue weighted by molar-refractivity contribution is 9.11. The highest BCUT2D eigenvalue weighted by Crippen LogP contribution is 2.25. The van der Waals surface area contributed by atoms with Crippen molar-refractivity contribution in [3.05, 3.63) is 10.6 Å². The first kappa shape index (κ1) is 13.0. The number of hydrogen-bond donors (Lipinski definition) is 0. The van der Waals surface area contributed by atoms with Gasteiger partial charge in [0.1, 0.15) is 14.7 Å². The molecule has 0 aromatic carbocycles. The lowest BCUT2D eigenvalue weighted by Gasteiger charge is -2.19. The Balaban J connectivity index is 2.33. The summed E-state index contributed by atoms with van der Waals surface area (Å²) in [5, 5.41) is 0. The van der Waals surface area contributed by atoms with Crippen LogP contribution in [-0.4, -0.2) is 20.8 Å². The molecule has 0 aliphatic heterocycles. The second-order valence-corrected chi connectivity index (χ2v) is 10.5. The van der Waals surface area contributed by atoms with E-state index in [-0.39, 0.29) is 6.10 Å². The summed E-state index contributed by atoms with van der Waals surface area (Å²) in [5.41, 5.74) is 3.31. The van der Waals surface area contributed by atoms with Gasteiger partial charge >= 0.3 is 0 Å². The van der Waals surface area contributed by atoms with Crippen LogP contribution < -0.4 is 0 Å². The minimum absolute atomic E-state index is 0.245. The SMILES string of the molecule is C[Si](C)(C)C#CCOC1CCCC=C1Br. The van der Waals surface area contributed by atoms with Crippen molar-refractivity contribution in [2.24, 2.45) is 0 Å². The molecule has 15 heavy (non-hydrogen) atoms. The first-order valence-corrected chi connectivity index (χ1v) is 9.75. The minimum atomic E-state index is -1.23. The van der Waals surface area contributed by atoms with Gasteiger partial charge in [0, 0.05) is 4.48 Å². The van der Waals surface area contributed by atoms with Gasteiger partial charge in [-0.3, -0.25) is 0 Å². The third kappa shape index (κ3) is 5.55. The van der Waals surface area contributed by atoms with E-state index in [1.54, 1.807) is 0 Å². The molecular formula is C12H19BrOSi. The van der Waals surface area contributed by atoms with E-state index >= 15 is 0 Å². The van der Waals surface area contributed by atoms with Crippen LogP contribution in [0.3, 0.4) is 0 Å². The molecular weight excluding hydrogens is 268 g/mol. The van der Waals surface area contributed by atoms with E-state index in [9.17, 15) is 0 Å². The molecule has 0 bridgehead atoms. The second kappa shape index (κ2) is 5.88. The molecule has 0 aromatic heterocycles. The Kier molecular flexibility index (Phi) is 5.11. The predicted octanol–water partition coefficient (Wildman–Crippen LogP) is 3.72. The zero-order chi connectivity index (χ0) is 11.3. The van der Waals surface area contributed by atoms with Crippen molar-refractivity contribution in [2.75, 3.05) is 6.61 Å². The van der Waals surface area contributed by atoms with Crippen LogP contribution in [0.1, 0.15) is 19.3 Å². The molecule has 1 unspecified atom stereocenters. The molecule has 1 aliphatic rings. The lowest BCUT2D eigenvalue weighted by atomic mass is 10.1. The van der Waals surface area contributed by atoms with Crippen LogP contribution in [0.15, 0.2) is 10.6 Å². The average Bonchev–Trinajstić information content (AvgIpc) is 2.13. The standard InChI is InChI=1S/C12H19BrOSi/c1-15(2,3)10-6-9-14-12-8-5-4-7-11(12)13/h7,12H,4-5,8-9H2,1-3H3. The van der Waals surface area contributed by atoms with Gasteiger partial charge in [0.25, 0.3) is 0 Å². The van der Waals surface area contributed by atoms with Crippen molar-refractivity contribution in [1.29, 1.82) is 0 Å². The zero-order valence-corrected chi connectivity index (χ0v) is 12.4. The first-order valence-electron chi connectivity index (χ1n) is 5.46. The van der Waals surface area contributed by atoms with Crippen LogP contribution >= 0.6 is 15.9 Å². The van der Waals surface area contributed by atoms with Gasteiger partial charge < -0.3 is 4.74 Å². The van der Waals surface area contributed by atoms with Crippen molar-refractivity contribution in [2.45, 2.75) is 45.0 Å². The Bertz CT molecular complexity index is 293. The van der Waals surface area contributed by atoms with Gasteiger partial charge in [0.05, 0.1) is 6.10 Å². The summed E-state index contributed by atoms with van der Waals surface area (Å²) in [5.74, 6) is 3.13. The molecule has 84 valence electrons. The van der Waals surface area contributed by atoms with E-state index in [2.05, 4.69) is 53.1 Å². The fraction of sp³-hybridized carbons (Fsp3) is 0.667. The maximum Gasteiger partial charge on any atom is 0.129 e. The molecule has 0 N–H and O–H groups in total.